The first-order valence-corrected chi connectivity index (χ1v) is 13.2. The van der Waals surface area contributed by atoms with Crippen molar-refractivity contribution in [2.24, 2.45) is 11.8 Å². The monoisotopic (exact) mass is 486 g/mol. The van der Waals surface area contributed by atoms with E-state index in [-0.39, 0.29) is 35.2 Å². The van der Waals surface area contributed by atoms with Crippen LogP contribution in [0.5, 0.6) is 0 Å². The summed E-state index contributed by atoms with van der Waals surface area (Å²) in [6.07, 6.45) is 3.00. The maximum Gasteiger partial charge on any atom is 0.308 e. The first-order valence-electron chi connectivity index (χ1n) is 11.8. The summed E-state index contributed by atoms with van der Waals surface area (Å²) in [4.78, 5) is 23.6. The molecule has 1 N–H and O–H groups in total. The predicted octanol–water partition coefficient (Wildman–Crippen LogP) is 4.51. The second-order valence-corrected chi connectivity index (χ2v) is 10.8. The zero-order valence-corrected chi connectivity index (χ0v) is 20.9. The highest BCUT2D eigenvalue weighted by Crippen LogP contribution is 2.32. The normalized spacial score (nSPS) is 18.5. The largest absolute Gasteiger partial charge is 0.466 e. The van der Waals surface area contributed by atoms with Gasteiger partial charge in [0.05, 0.1) is 17.4 Å². The lowest BCUT2D eigenvalue weighted by molar-refractivity contribution is -0.149. The molecule has 0 aliphatic heterocycles. The average molecular weight is 487 g/mol. The van der Waals surface area contributed by atoms with Gasteiger partial charge in [-0.05, 0) is 80.8 Å². The maximum atomic E-state index is 13.7. The molecule has 1 amide bonds. The molecule has 0 bridgehead atoms. The second-order valence-electron chi connectivity index (χ2n) is 8.90. The number of benzene rings is 2. The molecule has 1 saturated carbocycles. The van der Waals surface area contributed by atoms with Crippen LogP contribution in [0.15, 0.2) is 53.4 Å². The fraction of sp³-hybridized carbons (Fsp3) is 0.462. The van der Waals surface area contributed by atoms with Crippen LogP contribution in [-0.2, 0) is 30.9 Å². The van der Waals surface area contributed by atoms with Crippen molar-refractivity contribution in [1.29, 1.82) is 0 Å². The van der Waals surface area contributed by atoms with Gasteiger partial charge in [-0.25, -0.2) is 8.42 Å². The van der Waals surface area contributed by atoms with E-state index in [0.717, 1.165) is 24.0 Å². The van der Waals surface area contributed by atoms with E-state index in [1.165, 1.54) is 19.1 Å². The third kappa shape index (κ3) is 6.67. The number of ether oxygens (including phenoxy) is 1. The van der Waals surface area contributed by atoms with E-state index in [0.29, 0.717) is 31.7 Å². The van der Waals surface area contributed by atoms with Crippen LogP contribution in [0.25, 0.3) is 0 Å². The average Bonchev–Trinajstić information content (AvgIpc) is 2.80. The summed E-state index contributed by atoms with van der Waals surface area (Å²) in [5, 5.41) is 2.66. The van der Waals surface area contributed by atoms with E-state index in [1.807, 2.05) is 31.2 Å². The van der Waals surface area contributed by atoms with Crippen LogP contribution in [0.2, 0.25) is 0 Å². The lowest BCUT2D eigenvalue weighted by Gasteiger charge is -2.32. The molecule has 1 aliphatic rings. The highest BCUT2D eigenvalue weighted by atomic mass is 32.2. The molecule has 0 atom stereocenters. The molecule has 2 aromatic rings. The number of hydrogen-bond acceptors (Lipinski definition) is 5. The van der Waals surface area contributed by atoms with E-state index in [9.17, 15) is 18.0 Å². The Morgan fingerprint density at radius 1 is 1.03 bits per heavy atom. The van der Waals surface area contributed by atoms with Gasteiger partial charge in [0.1, 0.15) is 0 Å². The maximum absolute atomic E-state index is 13.7. The molecule has 0 heterocycles. The van der Waals surface area contributed by atoms with Crippen molar-refractivity contribution in [3.8, 4) is 0 Å². The van der Waals surface area contributed by atoms with Crippen molar-refractivity contribution in [2.45, 2.75) is 57.9 Å². The van der Waals surface area contributed by atoms with Gasteiger partial charge in [-0.2, -0.15) is 4.31 Å². The first kappa shape index (κ1) is 25.9. The number of amides is 1. The summed E-state index contributed by atoms with van der Waals surface area (Å²) >= 11 is 0. The highest BCUT2D eigenvalue weighted by Gasteiger charge is 2.32. The van der Waals surface area contributed by atoms with Crippen LogP contribution in [0.3, 0.4) is 0 Å². The Morgan fingerprint density at radius 2 is 1.68 bits per heavy atom. The molecule has 2 aromatic carbocycles. The number of esters is 1. The van der Waals surface area contributed by atoms with Gasteiger partial charge < -0.3 is 10.1 Å². The molecule has 0 saturated heterocycles. The number of aryl methyl sites for hydroxylation is 1. The summed E-state index contributed by atoms with van der Waals surface area (Å²) in [6.45, 7) is 6.24. The van der Waals surface area contributed by atoms with Gasteiger partial charge in [0.25, 0.3) is 0 Å². The molecule has 184 valence electrons. The molecule has 1 aliphatic carbocycles. The van der Waals surface area contributed by atoms with Crippen LogP contribution in [0, 0.1) is 18.8 Å². The van der Waals surface area contributed by atoms with Crippen molar-refractivity contribution >= 4 is 27.6 Å². The molecule has 3 rings (SSSR count). The van der Waals surface area contributed by atoms with Gasteiger partial charge in [0.2, 0.25) is 15.9 Å². The van der Waals surface area contributed by atoms with Gasteiger partial charge in [-0.1, -0.05) is 24.3 Å². The number of nitrogens with zero attached hydrogens (tertiary/aromatic N) is 1. The minimum Gasteiger partial charge on any atom is -0.466 e. The molecule has 7 nitrogen and oxygen atoms in total. The zero-order chi connectivity index (χ0) is 24.7. The molecule has 0 unspecified atom stereocenters. The summed E-state index contributed by atoms with van der Waals surface area (Å²) < 4.78 is 34.1. The van der Waals surface area contributed by atoms with Crippen molar-refractivity contribution in [3.05, 3.63) is 59.7 Å². The quantitative estimate of drug-likeness (QED) is 0.526. The van der Waals surface area contributed by atoms with Gasteiger partial charge >= 0.3 is 5.97 Å². The predicted molar refractivity (Wildman–Crippen MR) is 132 cm³/mol. The number of sulfonamides is 1. The molecule has 0 spiro atoms. The number of rotatable bonds is 9. The summed E-state index contributed by atoms with van der Waals surface area (Å²) in [6, 6.07) is 14.1. The van der Waals surface area contributed by atoms with E-state index in [2.05, 4.69) is 5.32 Å². The minimum atomic E-state index is -3.77. The number of anilines is 1. The van der Waals surface area contributed by atoms with Gasteiger partial charge in [-0.3, -0.25) is 9.59 Å². The number of carbonyl (C=O) groups excluding carboxylic acids is 2. The van der Waals surface area contributed by atoms with Gasteiger partial charge in [0, 0.05) is 25.7 Å². The van der Waals surface area contributed by atoms with Crippen LogP contribution in [-0.4, -0.2) is 37.8 Å². The summed E-state index contributed by atoms with van der Waals surface area (Å²) in [5.74, 6) is -0.290. The lowest BCUT2D eigenvalue weighted by atomic mass is 9.82. The van der Waals surface area contributed by atoms with E-state index in [1.54, 1.807) is 23.4 Å². The molecule has 0 radical (unpaired) electrons. The topological polar surface area (TPSA) is 92.8 Å². The summed E-state index contributed by atoms with van der Waals surface area (Å²) in [7, 11) is -3.77. The van der Waals surface area contributed by atoms with Crippen LogP contribution < -0.4 is 5.32 Å². The van der Waals surface area contributed by atoms with Crippen molar-refractivity contribution < 1.29 is 22.7 Å². The number of nitrogens with one attached hydrogen (secondary N) is 1. The number of carbonyl (C=O) groups is 2. The van der Waals surface area contributed by atoms with Crippen molar-refractivity contribution in [2.75, 3.05) is 18.5 Å². The third-order valence-electron chi connectivity index (χ3n) is 6.35. The Morgan fingerprint density at radius 3 is 2.26 bits per heavy atom. The Balaban J connectivity index is 1.80. The Kier molecular flexibility index (Phi) is 8.85. The number of hydrogen-bond donors (Lipinski definition) is 1. The molecule has 8 heteroatoms. The Hall–Kier alpha value is -2.71. The molecule has 1 fully saturated rings. The van der Waals surface area contributed by atoms with Crippen LogP contribution >= 0.6 is 0 Å². The SMILES string of the molecule is CCOC(=O)C1CCC(CN(Cc2ccccc2C)S(=O)(=O)c2ccc(NC(C)=O)cc2)CC1. The molecular formula is C26H34N2O5S. The Bertz CT molecular complexity index is 1090. The van der Waals surface area contributed by atoms with Crippen LogP contribution in [0.1, 0.15) is 50.7 Å². The zero-order valence-electron chi connectivity index (χ0n) is 20.1. The molecule has 34 heavy (non-hydrogen) atoms. The van der Waals surface area contributed by atoms with E-state index < -0.39 is 10.0 Å². The van der Waals surface area contributed by atoms with Crippen molar-refractivity contribution in [3.63, 3.8) is 0 Å². The highest BCUT2D eigenvalue weighted by molar-refractivity contribution is 7.89. The fourth-order valence-electron chi connectivity index (χ4n) is 4.42. The Labute approximate surface area is 202 Å². The minimum absolute atomic E-state index is 0.0982. The molecule has 0 aromatic heterocycles. The van der Waals surface area contributed by atoms with Crippen molar-refractivity contribution in [1.82, 2.24) is 4.31 Å². The fourth-order valence-corrected chi connectivity index (χ4v) is 5.91. The van der Waals surface area contributed by atoms with Crippen LogP contribution in [0.4, 0.5) is 5.69 Å². The first-order chi connectivity index (χ1) is 16.2. The van der Waals surface area contributed by atoms with E-state index in [4.69, 9.17) is 4.74 Å². The lowest BCUT2D eigenvalue weighted by Crippen LogP contribution is -2.37. The van der Waals surface area contributed by atoms with E-state index >= 15 is 0 Å². The summed E-state index contributed by atoms with van der Waals surface area (Å²) in [5.41, 5.74) is 2.55. The molecular weight excluding hydrogens is 452 g/mol. The van der Waals surface area contributed by atoms with Gasteiger partial charge in [0.15, 0.2) is 0 Å². The standard InChI is InChI=1S/C26H34N2O5S/c1-4-33-26(30)22-11-9-21(10-12-22)17-28(18-23-8-6-5-7-19(23)2)34(31,32)25-15-13-24(14-16-25)27-20(3)29/h5-8,13-16,21-22H,4,9-12,17-18H2,1-3H3,(H,27,29). The smallest absolute Gasteiger partial charge is 0.308 e. The van der Waals surface area contributed by atoms with Gasteiger partial charge in [-0.15, -0.1) is 0 Å². The third-order valence-corrected chi connectivity index (χ3v) is 8.17. The second kappa shape index (κ2) is 11.6.